The number of para-hydroxylation sites is 1. The van der Waals surface area contributed by atoms with E-state index < -0.39 is 0 Å². The molecule has 2 aromatic carbocycles. The first-order valence-corrected chi connectivity index (χ1v) is 8.09. The fourth-order valence-corrected chi connectivity index (χ4v) is 2.87. The summed E-state index contributed by atoms with van der Waals surface area (Å²) >= 11 is 12.0. The lowest BCUT2D eigenvalue weighted by Crippen LogP contribution is -2.26. The smallest absolute Gasteiger partial charge is 0.255 e. The standard InChI is InChI=1S/C18H15Cl2N3O/c1-22(18(24)16-8-7-14(19)9-17(16)20)11-13-10-21-23(12-13)15-5-3-2-4-6-15/h2-10,12H,11H2,1H3. The van der Waals surface area contributed by atoms with Crippen LogP contribution < -0.4 is 0 Å². The molecule has 0 unspecified atom stereocenters. The highest BCUT2D eigenvalue weighted by Gasteiger charge is 2.16. The van der Waals surface area contributed by atoms with Crippen LogP contribution in [-0.4, -0.2) is 27.6 Å². The molecular weight excluding hydrogens is 345 g/mol. The monoisotopic (exact) mass is 359 g/mol. The van der Waals surface area contributed by atoms with E-state index in [-0.39, 0.29) is 5.91 Å². The third-order valence-corrected chi connectivity index (χ3v) is 4.13. The molecular formula is C18H15Cl2N3O. The molecule has 24 heavy (non-hydrogen) atoms. The molecule has 0 N–H and O–H groups in total. The number of carbonyl (C=O) groups is 1. The summed E-state index contributed by atoms with van der Waals surface area (Å²) in [6.45, 7) is 0.435. The summed E-state index contributed by atoms with van der Waals surface area (Å²) in [5.41, 5.74) is 2.33. The summed E-state index contributed by atoms with van der Waals surface area (Å²) in [6, 6.07) is 14.7. The molecule has 0 aliphatic carbocycles. The summed E-state index contributed by atoms with van der Waals surface area (Å²) < 4.78 is 1.78. The second-order valence-electron chi connectivity index (χ2n) is 5.41. The molecule has 0 saturated carbocycles. The lowest BCUT2D eigenvalue weighted by atomic mass is 10.2. The van der Waals surface area contributed by atoms with Crippen LogP contribution in [0.2, 0.25) is 10.0 Å². The number of hydrogen-bond donors (Lipinski definition) is 0. The maximum atomic E-state index is 12.5. The van der Waals surface area contributed by atoms with Crippen molar-refractivity contribution in [1.82, 2.24) is 14.7 Å². The van der Waals surface area contributed by atoms with Crippen LogP contribution in [0.15, 0.2) is 60.9 Å². The molecule has 1 heterocycles. The van der Waals surface area contributed by atoms with Gasteiger partial charge in [-0.05, 0) is 30.3 Å². The van der Waals surface area contributed by atoms with Crippen LogP contribution in [0.3, 0.4) is 0 Å². The first-order valence-electron chi connectivity index (χ1n) is 7.34. The molecule has 4 nitrogen and oxygen atoms in total. The van der Waals surface area contributed by atoms with Crippen molar-refractivity contribution in [1.29, 1.82) is 0 Å². The van der Waals surface area contributed by atoms with Crippen LogP contribution in [0.25, 0.3) is 5.69 Å². The Kier molecular flexibility index (Phi) is 4.88. The Balaban J connectivity index is 1.74. The fourth-order valence-electron chi connectivity index (χ4n) is 2.38. The highest BCUT2D eigenvalue weighted by molar-refractivity contribution is 6.36. The topological polar surface area (TPSA) is 38.1 Å². The molecule has 3 rings (SSSR count). The lowest BCUT2D eigenvalue weighted by molar-refractivity contribution is 0.0785. The van der Waals surface area contributed by atoms with E-state index in [9.17, 15) is 4.79 Å². The third kappa shape index (κ3) is 3.61. The summed E-state index contributed by atoms with van der Waals surface area (Å²) in [5, 5.41) is 5.19. The molecule has 1 amide bonds. The van der Waals surface area contributed by atoms with Crippen molar-refractivity contribution in [2.75, 3.05) is 7.05 Å². The van der Waals surface area contributed by atoms with E-state index in [1.807, 2.05) is 36.5 Å². The van der Waals surface area contributed by atoms with Crippen molar-refractivity contribution in [2.24, 2.45) is 0 Å². The average Bonchev–Trinajstić information content (AvgIpc) is 3.03. The van der Waals surface area contributed by atoms with Crippen LogP contribution in [0.1, 0.15) is 15.9 Å². The number of carbonyl (C=O) groups excluding carboxylic acids is 1. The van der Waals surface area contributed by atoms with Gasteiger partial charge in [-0.15, -0.1) is 0 Å². The highest BCUT2D eigenvalue weighted by atomic mass is 35.5. The molecule has 0 aliphatic rings. The van der Waals surface area contributed by atoms with Crippen LogP contribution in [-0.2, 0) is 6.54 Å². The Morgan fingerprint density at radius 1 is 1.17 bits per heavy atom. The molecule has 0 fully saturated rings. The molecule has 0 bridgehead atoms. The zero-order chi connectivity index (χ0) is 17.1. The molecule has 122 valence electrons. The SMILES string of the molecule is CN(Cc1cnn(-c2ccccc2)c1)C(=O)c1ccc(Cl)cc1Cl. The van der Waals surface area contributed by atoms with E-state index in [4.69, 9.17) is 23.2 Å². The minimum atomic E-state index is -0.163. The number of benzene rings is 2. The predicted octanol–water partition coefficient (Wildman–Crippen LogP) is 4.45. The van der Waals surface area contributed by atoms with Crippen molar-refractivity contribution in [3.8, 4) is 5.69 Å². The summed E-state index contributed by atoms with van der Waals surface area (Å²) in [7, 11) is 1.73. The first-order chi connectivity index (χ1) is 11.5. The Hall–Kier alpha value is -2.30. The van der Waals surface area contributed by atoms with Gasteiger partial charge < -0.3 is 4.90 Å². The normalized spacial score (nSPS) is 10.6. The zero-order valence-electron chi connectivity index (χ0n) is 13.0. The summed E-state index contributed by atoms with van der Waals surface area (Å²) in [4.78, 5) is 14.1. The van der Waals surface area contributed by atoms with Gasteiger partial charge in [-0.3, -0.25) is 4.79 Å². The lowest BCUT2D eigenvalue weighted by Gasteiger charge is -2.17. The number of aromatic nitrogens is 2. The van der Waals surface area contributed by atoms with Gasteiger partial charge in [0.1, 0.15) is 0 Å². The molecule has 1 aromatic heterocycles. The van der Waals surface area contributed by atoms with Gasteiger partial charge in [-0.2, -0.15) is 5.10 Å². The van der Waals surface area contributed by atoms with Crippen molar-refractivity contribution in [3.05, 3.63) is 82.1 Å². The highest BCUT2D eigenvalue weighted by Crippen LogP contribution is 2.22. The average molecular weight is 360 g/mol. The van der Waals surface area contributed by atoms with E-state index in [0.717, 1.165) is 11.3 Å². The van der Waals surface area contributed by atoms with E-state index in [1.54, 1.807) is 41.0 Å². The van der Waals surface area contributed by atoms with Gasteiger partial charge in [0.15, 0.2) is 0 Å². The molecule has 0 radical (unpaired) electrons. The second kappa shape index (κ2) is 7.07. The van der Waals surface area contributed by atoms with Crippen LogP contribution in [0.4, 0.5) is 0 Å². The van der Waals surface area contributed by atoms with Crippen molar-refractivity contribution < 1.29 is 4.79 Å². The molecule has 0 aliphatic heterocycles. The summed E-state index contributed by atoms with van der Waals surface area (Å²) in [6.07, 6.45) is 3.66. The van der Waals surface area contributed by atoms with Crippen LogP contribution in [0.5, 0.6) is 0 Å². The molecule has 0 atom stereocenters. The van der Waals surface area contributed by atoms with E-state index in [0.29, 0.717) is 22.2 Å². The third-order valence-electron chi connectivity index (χ3n) is 3.58. The van der Waals surface area contributed by atoms with Crippen molar-refractivity contribution >= 4 is 29.1 Å². The van der Waals surface area contributed by atoms with Gasteiger partial charge in [-0.1, -0.05) is 41.4 Å². The quantitative estimate of drug-likeness (QED) is 0.689. The Labute approximate surface area is 150 Å². The maximum absolute atomic E-state index is 12.5. The maximum Gasteiger partial charge on any atom is 0.255 e. The molecule has 0 saturated heterocycles. The minimum absolute atomic E-state index is 0.163. The Morgan fingerprint density at radius 2 is 1.92 bits per heavy atom. The van der Waals surface area contributed by atoms with Gasteiger partial charge >= 0.3 is 0 Å². The van der Waals surface area contributed by atoms with Crippen molar-refractivity contribution in [3.63, 3.8) is 0 Å². The van der Waals surface area contributed by atoms with E-state index >= 15 is 0 Å². The first kappa shape index (κ1) is 16.6. The van der Waals surface area contributed by atoms with Gasteiger partial charge in [0.2, 0.25) is 0 Å². The second-order valence-corrected chi connectivity index (χ2v) is 6.26. The zero-order valence-corrected chi connectivity index (χ0v) is 14.5. The molecule has 0 spiro atoms. The molecule has 6 heteroatoms. The van der Waals surface area contributed by atoms with Gasteiger partial charge in [0, 0.05) is 30.4 Å². The number of rotatable bonds is 4. The van der Waals surface area contributed by atoms with Crippen molar-refractivity contribution in [2.45, 2.75) is 6.54 Å². The summed E-state index contributed by atoms with van der Waals surface area (Å²) in [5.74, 6) is -0.163. The number of nitrogens with zero attached hydrogens (tertiary/aromatic N) is 3. The van der Waals surface area contributed by atoms with Gasteiger partial charge in [-0.25, -0.2) is 4.68 Å². The minimum Gasteiger partial charge on any atom is -0.337 e. The number of hydrogen-bond acceptors (Lipinski definition) is 2. The van der Waals surface area contributed by atoms with Gasteiger partial charge in [0.25, 0.3) is 5.91 Å². The largest absolute Gasteiger partial charge is 0.337 e. The van der Waals surface area contributed by atoms with Crippen LogP contribution >= 0.6 is 23.2 Å². The Morgan fingerprint density at radius 3 is 2.62 bits per heavy atom. The fraction of sp³-hybridized carbons (Fsp3) is 0.111. The van der Waals surface area contributed by atoms with E-state index in [1.165, 1.54) is 0 Å². The Bertz CT molecular complexity index is 862. The molecule has 3 aromatic rings. The number of amides is 1. The van der Waals surface area contributed by atoms with E-state index in [2.05, 4.69) is 5.10 Å². The number of halogens is 2. The van der Waals surface area contributed by atoms with Crippen LogP contribution in [0, 0.1) is 0 Å². The van der Waals surface area contributed by atoms with Gasteiger partial charge in [0.05, 0.1) is 22.5 Å². The predicted molar refractivity (Wildman–Crippen MR) is 95.8 cm³/mol.